The summed E-state index contributed by atoms with van der Waals surface area (Å²) in [7, 11) is 2.93. The Hall–Kier alpha value is -2.78. The summed E-state index contributed by atoms with van der Waals surface area (Å²) in [5.74, 6) is -0.885. The molecular weight excluding hydrogens is 346 g/mol. The number of rotatable bonds is 5. The van der Waals surface area contributed by atoms with Gasteiger partial charge in [0.25, 0.3) is 0 Å². The lowest BCUT2D eigenvalue weighted by atomic mass is 10.2. The molecule has 0 aliphatic heterocycles. The van der Waals surface area contributed by atoms with Gasteiger partial charge in [-0.05, 0) is 18.2 Å². The highest BCUT2D eigenvalue weighted by Gasteiger charge is 2.13. The number of nitrogens with zero attached hydrogens (tertiary/aromatic N) is 3. The number of thiazole rings is 1. The van der Waals surface area contributed by atoms with E-state index in [4.69, 9.17) is 14.0 Å². The third kappa shape index (κ3) is 3.52. The number of benzene rings is 1. The molecular formula is C16H15N3O5S. The molecule has 0 unspecified atom stereocenters. The predicted molar refractivity (Wildman–Crippen MR) is 89.4 cm³/mol. The Kier molecular flexibility index (Phi) is 5.05. The van der Waals surface area contributed by atoms with E-state index in [0.717, 1.165) is 10.2 Å². The minimum Gasteiger partial charge on any atom is -0.465 e. The second-order valence-corrected chi connectivity index (χ2v) is 6.01. The van der Waals surface area contributed by atoms with E-state index in [1.165, 1.54) is 30.7 Å². The number of fused-ring (bicyclic) bond motifs is 1. The molecule has 1 amide bonds. The van der Waals surface area contributed by atoms with Gasteiger partial charge in [-0.1, -0.05) is 16.5 Å². The van der Waals surface area contributed by atoms with E-state index in [1.807, 2.05) is 4.57 Å². The Bertz CT molecular complexity index is 971. The molecule has 3 aromatic rings. The van der Waals surface area contributed by atoms with Crippen LogP contribution in [0.5, 0.6) is 0 Å². The highest BCUT2D eigenvalue weighted by Crippen LogP contribution is 2.20. The van der Waals surface area contributed by atoms with Crippen molar-refractivity contribution in [2.45, 2.75) is 6.54 Å². The Morgan fingerprint density at radius 3 is 2.84 bits per heavy atom. The van der Waals surface area contributed by atoms with Crippen molar-refractivity contribution in [1.29, 1.82) is 0 Å². The summed E-state index contributed by atoms with van der Waals surface area (Å²) in [5.41, 5.74) is 1.28. The molecule has 0 N–H and O–H groups in total. The lowest BCUT2D eigenvalue weighted by Gasteiger charge is -2.04. The lowest BCUT2D eigenvalue weighted by molar-refractivity contribution is 0.0601. The number of ether oxygens (including phenoxy) is 2. The van der Waals surface area contributed by atoms with E-state index in [9.17, 15) is 9.59 Å². The Labute approximate surface area is 146 Å². The number of carbonyl (C=O) groups excluding carboxylic acids is 2. The topological polar surface area (TPSA) is 95.9 Å². The van der Waals surface area contributed by atoms with E-state index < -0.39 is 11.9 Å². The summed E-state index contributed by atoms with van der Waals surface area (Å²) in [4.78, 5) is 28.5. The Morgan fingerprint density at radius 2 is 2.16 bits per heavy atom. The van der Waals surface area contributed by atoms with Crippen molar-refractivity contribution < 1.29 is 23.6 Å². The first kappa shape index (κ1) is 17.1. The summed E-state index contributed by atoms with van der Waals surface area (Å²) in [6.07, 6.45) is 1.38. The van der Waals surface area contributed by atoms with Crippen molar-refractivity contribution in [1.82, 2.24) is 9.72 Å². The van der Waals surface area contributed by atoms with E-state index in [-0.39, 0.29) is 5.76 Å². The van der Waals surface area contributed by atoms with Gasteiger partial charge in [0, 0.05) is 19.7 Å². The van der Waals surface area contributed by atoms with E-state index in [1.54, 1.807) is 25.3 Å². The molecule has 1 aromatic carbocycles. The third-order valence-corrected chi connectivity index (χ3v) is 4.51. The van der Waals surface area contributed by atoms with Gasteiger partial charge < -0.3 is 18.6 Å². The monoisotopic (exact) mass is 361 g/mol. The zero-order valence-corrected chi connectivity index (χ0v) is 14.4. The van der Waals surface area contributed by atoms with Crippen molar-refractivity contribution in [2.24, 2.45) is 4.99 Å². The number of esters is 1. The lowest BCUT2D eigenvalue weighted by Crippen LogP contribution is -2.19. The fraction of sp³-hybridized carbons (Fsp3) is 0.250. The Balaban J connectivity index is 2.12. The molecule has 0 saturated carbocycles. The molecule has 0 bridgehead atoms. The maximum atomic E-state index is 12.2. The predicted octanol–water partition coefficient (Wildman–Crippen LogP) is 1.86. The molecule has 0 aliphatic carbocycles. The van der Waals surface area contributed by atoms with Crippen LogP contribution in [0.15, 0.2) is 40.0 Å². The number of amides is 1. The van der Waals surface area contributed by atoms with Gasteiger partial charge in [0.15, 0.2) is 4.80 Å². The molecule has 2 aromatic heterocycles. The summed E-state index contributed by atoms with van der Waals surface area (Å²) < 4.78 is 17.4. The van der Waals surface area contributed by atoms with Crippen LogP contribution in [0.3, 0.4) is 0 Å². The van der Waals surface area contributed by atoms with Gasteiger partial charge in [-0.25, -0.2) is 4.79 Å². The molecule has 9 heteroatoms. The molecule has 2 heterocycles. The van der Waals surface area contributed by atoms with E-state index >= 15 is 0 Å². The largest absolute Gasteiger partial charge is 0.465 e. The second-order valence-electron chi connectivity index (χ2n) is 5.00. The van der Waals surface area contributed by atoms with Crippen LogP contribution in [0, 0.1) is 0 Å². The maximum Gasteiger partial charge on any atom is 0.337 e. The van der Waals surface area contributed by atoms with Crippen molar-refractivity contribution in [3.63, 3.8) is 0 Å². The van der Waals surface area contributed by atoms with E-state index in [0.29, 0.717) is 23.5 Å². The smallest absolute Gasteiger partial charge is 0.337 e. The minimum absolute atomic E-state index is 0.0611. The minimum atomic E-state index is -0.525. The Morgan fingerprint density at radius 1 is 1.32 bits per heavy atom. The maximum absolute atomic E-state index is 12.2. The second kappa shape index (κ2) is 7.41. The van der Waals surface area contributed by atoms with Crippen LogP contribution in [0.4, 0.5) is 0 Å². The van der Waals surface area contributed by atoms with Crippen LogP contribution < -0.4 is 4.80 Å². The van der Waals surface area contributed by atoms with Gasteiger partial charge in [-0.3, -0.25) is 4.79 Å². The van der Waals surface area contributed by atoms with Gasteiger partial charge >= 0.3 is 11.9 Å². The van der Waals surface area contributed by atoms with Crippen LogP contribution in [-0.2, 0) is 16.0 Å². The molecule has 25 heavy (non-hydrogen) atoms. The number of aromatic nitrogens is 2. The highest BCUT2D eigenvalue weighted by atomic mass is 32.1. The highest BCUT2D eigenvalue weighted by molar-refractivity contribution is 7.16. The number of hydrogen-bond donors (Lipinski definition) is 0. The fourth-order valence-electron chi connectivity index (χ4n) is 2.27. The first-order valence-electron chi connectivity index (χ1n) is 7.34. The standard InChI is InChI=1S/C16H15N3O5S/c1-22-8-7-19-11-4-3-10(15(21)23-2)9-13(11)25-16(19)18-14(20)12-5-6-17-24-12/h3-6,9H,7-8H2,1-2H3. The van der Waals surface area contributed by atoms with Crippen LogP contribution in [0.2, 0.25) is 0 Å². The van der Waals surface area contributed by atoms with Crippen molar-refractivity contribution >= 4 is 33.4 Å². The average Bonchev–Trinajstić information content (AvgIpc) is 3.26. The first-order valence-corrected chi connectivity index (χ1v) is 8.16. The molecule has 130 valence electrons. The van der Waals surface area contributed by atoms with Gasteiger partial charge in [-0.15, -0.1) is 0 Å². The first-order chi connectivity index (χ1) is 12.1. The summed E-state index contributed by atoms with van der Waals surface area (Å²) in [6, 6.07) is 6.64. The zero-order chi connectivity index (χ0) is 17.8. The molecule has 8 nitrogen and oxygen atoms in total. The van der Waals surface area contributed by atoms with Crippen LogP contribution in [-0.4, -0.2) is 42.4 Å². The number of methoxy groups -OCH3 is 2. The van der Waals surface area contributed by atoms with Crippen LogP contribution in [0.1, 0.15) is 20.9 Å². The van der Waals surface area contributed by atoms with Crippen LogP contribution in [0.25, 0.3) is 10.2 Å². The van der Waals surface area contributed by atoms with Gasteiger partial charge in [0.05, 0.1) is 35.7 Å². The van der Waals surface area contributed by atoms with E-state index in [2.05, 4.69) is 10.1 Å². The van der Waals surface area contributed by atoms with Gasteiger partial charge in [0.2, 0.25) is 5.76 Å². The summed E-state index contributed by atoms with van der Waals surface area (Å²) >= 11 is 1.29. The molecule has 0 aliphatic rings. The third-order valence-electron chi connectivity index (χ3n) is 3.47. The van der Waals surface area contributed by atoms with Crippen LogP contribution >= 0.6 is 11.3 Å². The molecule has 3 rings (SSSR count). The quantitative estimate of drug-likeness (QED) is 0.644. The molecule has 0 fully saturated rings. The molecule has 0 atom stereocenters. The molecule has 0 saturated heterocycles. The molecule has 0 spiro atoms. The van der Waals surface area contributed by atoms with Crippen molar-refractivity contribution in [3.05, 3.63) is 46.6 Å². The summed E-state index contributed by atoms with van der Waals surface area (Å²) in [5, 5.41) is 3.51. The van der Waals surface area contributed by atoms with Crippen molar-refractivity contribution in [3.8, 4) is 0 Å². The van der Waals surface area contributed by atoms with Gasteiger partial charge in [0.1, 0.15) is 0 Å². The average molecular weight is 361 g/mol. The van der Waals surface area contributed by atoms with Gasteiger partial charge in [-0.2, -0.15) is 4.99 Å². The van der Waals surface area contributed by atoms with Crippen molar-refractivity contribution in [2.75, 3.05) is 20.8 Å². The zero-order valence-electron chi connectivity index (χ0n) is 13.6. The number of hydrogen-bond acceptors (Lipinski definition) is 7. The number of carbonyl (C=O) groups is 2. The fourth-order valence-corrected chi connectivity index (χ4v) is 3.36. The molecule has 0 radical (unpaired) electrons. The normalized spacial score (nSPS) is 11.8. The SMILES string of the molecule is COCCn1c(=NC(=O)c2ccno2)sc2cc(C(=O)OC)ccc21. The summed E-state index contributed by atoms with van der Waals surface area (Å²) in [6.45, 7) is 0.963.